The lowest BCUT2D eigenvalue weighted by molar-refractivity contribution is 0.102. The first-order valence-corrected chi connectivity index (χ1v) is 9.64. The molecule has 152 valence electrons. The van der Waals surface area contributed by atoms with Gasteiger partial charge in [-0.3, -0.25) is 4.79 Å². The molecule has 1 N–H and O–H groups in total. The highest BCUT2D eigenvalue weighted by atomic mass is 16.5. The molecule has 0 aliphatic carbocycles. The molecule has 2 aromatic heterocycles. The molecule has 0 unspecified atom stereocenters. The van der Waals surface area contributed by atoms with Crippen LogP contribution in [0.15, 0.2) is 69.9 Å². The average molecular weight is 403 g/mol. The number of amides is 1. The van der Waals surface area contributed by atoms with Crippen molar-refractivity contribution in [1.29, 1.82) is 0 Å². The van der Waals surface area contributed by atoms with Crippen LogP contribution in [-0.2, 0) is 6.54 Å². The minimum absolute atomic E-state index is 0.231. The Kier molecular flexibility index (Phi) is 5.34. The lowest BCUT2D eigenvalue weighted by Crippen LogP contribution is -2.18. The van der Waals surface area contributed by atoms with Gasteiger partial charge in [0, 0.05) is 23.6 Å². The zero-order valence-corrected chi connectivity index (χ0v) is 16.7. The van der Waals surface area contributed by atoms with Crippen LogP contribution in [0.4, 0.5) is 5.82 Å². The highest BCUT2D eigenvalue weighted by Gasteiger charge is 2.17. The lowest BCUT2D eigenvalue weighted by Gasteiger charge is -2.11. The number of nitrogens with zero attached hydrogens (tertiary/aromatic N) is 2. The molecule has 7 heteroatoms. The minimum Gasteiger partial charge on any atom is -0.494 e. The summed E-state index contributed by atoms with van der Waals surface area (Å²) in [6.45, 7) is 4.73. The van der Waals surface area contributed by atoms with Crippen molar-refractivity contribution in [2.45, 2.75) is 20.4 Å². The normalized spacial score (nSPS) is 10.9. The van der Waals surface area contributed by atoms with E-state index in [4.69, 9.17) is 9.15 Å². The Hall–Kier alpha value is -3.87. The van der Waals surface area contributed by atoms with E-state index in [0.717, 1.165) is 11.3 Å². The molecule has 0 bridgehead atoms. The second kappa shape index (κ2) is 8.24. The van der Waals surface area contributed by atoms with E-state index < -0.39 is 11.5 Å². The van der Waals surface area contributed by atoms with Gasteiger partial charge in [0.1, 0.15) is 17.2 Å². The molecule has 4 aromatic rings. The first kappa shape index (κ1) is 19.4. The Balaban J connectivity index is 1.66. The molecule has 0 aliphatic heterocycles. The summed E-state index contributed by atoms with van der Waals surface area (Å²) in [6.07, 6.45) is 0. The number of ether oxygens (including phenoxy) is 1. The maximum atomic E-state index is 13.0. The largest absolute Gasteiger partial charge is 0.494 e. The minimum atomic E-state index is -0.602. The van der Waals surface area contributed by atoms with Crippen molar-refractivity contribution in [3.63, 3.8) is 0 Å². The van der Waals surface area contributed by atoms with Crippen LogP contribution in [0.5, 0.6) is 5.75 Å². The van der Waals surface area contributed by atoms with Gasteiger partial charge in [-0.1, -0.05) is 30.3 Å². The highest BCUT2D eigenvalue weighted by molar-refractivity contribution is 6.11. The average Bonchev–Trinajstić information content (AvgIpc) is 3.06. The fourth-order valence-electron chi connectivity index (χ4n) is 3.29. The van der Waals surface area contributed by atoms with Gasteiger partial charge in [0.2, 0.25) is 0 Å². The number of rotatable bonds is 6. The van der Waals surface area contributed by atoms with Crippen molar-refractivity contribution < 1.29 is 13.9 Å². The highest BCUT2D eigenvalue weighted by Crippen LogP contribution is 2.24. The number of carbonyl (C=O) groups excluding carboxylic acids is 1. The van der Waals surface area contributed by atoms with Crippen LogP contribution in [0, 0.1) is 6.92 Å². The maximum Gasteiger partial charge on any atom is 0.337 e. The summed E-state index contributed by atoms with van der Waals surface area (Å²) in [5.74, 6) is 0.710. The van der Waals surface area contributed by atoms with E-state index in [1.165, 1.54) is 6.07 Å². The van der Waals surface area contributed by atoms with Crippen LogP contribution in [0.2, 0.25) is 0 Å². The molecule has 0 radical (unpaired) electrons. The van der Waals surface area contributed by atoms with Crippen molar-refractivity contribution in [3.05, 3.63) is 87.9 Å². The van der Waals surface area contributed by atoms with Gasteiger partial charge in [-0.25, -0.2) is 9.48 Å². The van der Waals surface area contributed by atoms with Gasteiger partial charge in [0.15, 0.2) is 0 Å². The summed E-state index contributed by atoms with van der Waals surface area (Å²) in [7, 11) is 0. The molecular formula is C23H21N3O4. The van der Waals surface area contributed by atoms with E-state index in [-0.39, 0.29) is 5.56 Å². The van der Waals surface area contributed by atoms with Gasteiger partial charge in [0.25, 0.3) is 5.91 Å². The monoisotopic (exact) mass is 403 g/mol. The zero-order valence-electron chi connectivity index (χ0n) is 16.7. The summed E-state index contributed by atoms with van der Waals surface area (Å²) >= 11 is 0. The first-order chi connectivity index (χ1) is 14.5. The van der Waals surface area contributed by atoms with Gasteiger partial charge in [0.05, 0.1) is 24.4 Å². The van der Waals surface area contributed by atoms with E-state index in [9.17, 15) is 9.59 Å². The summed E-state index contributed by atoms with van der Waals surface area (Å²) in [5.41, 5.74) is 1.77. The molecular weight excluding hydrogens is 382 g/mol. The van der Waals surface area contributed by atoms with Crippen LogP contribution in [0.1, 0.15) is 28.5 Å². The number of benzene rings is 2. The number of aromatic nitrogens is 2. The Morgan fingerprint density at radius 3 is 2.70 bits per heavy atom. The predicted octanol–water partition coefficient (Wildman–Crippen LogP) is 4.00. The Morgan fingerprint density at radius 1 is 1.13 bits per heavy atom. The van der Waals surface area contributed by atoms with Crippen LogP contribution in [0.3, 0.4) is 0 Å². The standard InChI is InChI=1S/C23H21N3O4/c1-3-29-17-9-10-18-19(13-22(27)30-20(18)12-17)23(28)24-21-11-15(2)25-26(21)14-16-7-5-4-6-8-16/h4-13H,3,14H2,1-2H3,(H,24,28). The van der Waals surface area contributed by atoms with E-state index in [1.54, 1.807) is 28.9 Å². The zero-order chi connectivity index (χ0) is 21.1. The number of aryl methyl sites for hydroxylation is 1. The van der Waals surface area contributed by atoms with Crippen LogP contribution >= 0.6 is 0 Å². The Morgan fingerprint density at radius 2 is 1.93 bits per heavy atom. The van der Waals surface area contributed by atoms with E-state index in [1.807, 2.05) is 44.2 Å². The fraction of sp³-hybridized carbons (Fsp3) is 0.174. The maximum absolute atomic E-state index is 13.0. The van der Waals surface area contributed by atoms with Gasteiger partial charge < -0.3 is 14.5 Å². The second-order valence-electron chi connectivity index (χ2n) is 6.84. The number of nitrogens with one attached hydrogen (secondary N) is 1. The first-order valence-electron chi connectivity index (χ1n) is 9.64. The van der Waals surface area contributed by atoms with Gasteiger partial charge in [-0.15, -0.1) is 0 Å². The van der Waals surface area contributed by atoms with Gasteiger partial charge in [-0.05, 0) is 31.5 Å². The molecule has 0 aliphatic rings. The molecule has 4 rings (SSSR count). The third kappa shape index (κ3) is 4.10. The van der Waals surface area contributed by atoms with Gasteiger partial charge >= 0.3 is 5.63 Å². The summed E-state index contributed by atoms with van der Waals surface area (Å²) in [4.78, 5) is 25.1. The molecule has 2 heterocycles. The topological polar surface area (TPSA) is 86.4 Å². The van der Waals surface area contributed by atoms with Crippen molar-refractivity contribution in [1.82, 2.24) is 9.78 Å². The molecule has 30 heavy (non-hydrogen) atoms. The van der Waals surface area contributed by atoms with E-state index in [0.29, 0.717) is 35.7 Å². The molecule has 1 amide bonds. The molecule has 0 fully saturated rings. The van der Waals surface area contributed by atoms with E-state index in [2.05, 4.69) is 10.4 Å². The molecule has 0 saturated carbocycles. The quantitative estimate of drug-likeness (QED) is 0.492. The molecule has 0 spiro atoms. The number of carbonyl (C=O) groups is 1. The predicted molar refractivity (Wildman–Crippen MR) is 114 cm³/mol. The van der Waals surface area contributed by atoms with Crippen molar-refractivity contribution in [2.24, 2.45) is 0 Å². The van der Waals surface area contributed by atoms with Crippen LogP contribution < -0.4 is 15.7 Å². The third-order valence-electron chi connectivity index (χ3n) is 4.59. The smallest absolute Gasteiger partial charge is 0.337 e. The Labute approximate surface area is 172 Å². The van der Waals surface area contributed by atoms with Crippen molar-refractivity contribution >= 4 is 22.7 Å². The molecule has 0 saturated heterocycles. The number of fused-ring (bicyclic) bond motifs is 1. The molecule has 2 aromatic carbocycles. The summed E-state index contributed by atoms with van der Waals surface area (Å²) < 4.78 is 12.4. The SMILES string of the molecule is CCOc1ccc2c(C(=O)Nc3cc(C)nn3Cc3ccccc3)cc(=O)oc2c1. The summed E-state index contributed by atoms with van der Waals surface area (Å²) in [6, 6.07) is 17.9. The van der Waals surface area contributed by atoms with Crippen LogP contribution in [0.25, 0.3) is 11.0 Å². The number of anilines is 1. The fourth-order valence-corrected chi connectivity index (χ4v) is 3.29. The van der Waals surface area contributed by atoms with Crippen molar-refractivity contribution in [2.75, 3.05) is 11.9 Å². The third-order valence-corrected chi connectivity index (χ3v) is 4.59. The molecule has 0 atom stereocenters. The second-order valence-corrected chi connectivity index (χ2v) is 6.84. The Bertz CT molecular complexity index is 1260. The van der Waals surface area contributed by atoms with E-state index >= 15 is 0 Å². The summed E-state index contributed by atoms with van der Waals surface area (Å²) in [5, 5.41) is 7.88. The van der Waals surface area contributed by atoms with Crippen LogP contribution in [-0.4, -0.2) is 22.3 Å². The number of hydrogen-bond donors (Lipinski definition) is 1. The lowest BCUT2D eigenvalue weighted by atomic mass is 10.1. The van der Waals surface area contributed by atoms with Crippen molar-refractivity contribution in [3.8, 4) is 5.75 Å². The molecule has 7 nitrogen and oxygen atoms in total. The number of hydrogen-bond acceptors (Lipinski definition) is 5. The van der Waals surface area contributed by atoms with Gasteiger partial charge in [-0.2, -0.15) is 5.10 Å².